The van der Waals surface area contributed by atoms with Crippen LogP contribution in [-0.2, 0) is 6.42 Å². The first-order valence-corrected chi connectivity index (χ1v) is 7.55. The van der Waals surface area contributed by atoms with Crippen molar-refractivity contribution in [1.29, 1.82) is 0 Å². The maximum atomic E-state index is 12.1. The topological polar surface area (TPSA) is 58.6 Å². The Labute approximate surface area is 135 Å². The molecule has 0 fully saturated rings. The first-order chi connectivity index (χ1) is 10.2. The van der Waals surface area contributed by atoms with E-state index in [4.69, 9.17) is 0 Å². The second-order valence-corrected chi connectivity index (χ2v) is 5.66. The van der Waals surface area contributed by atoms with Gasteiger partial charge in [0, 0.05) is 24.4 Å². The van der Waals surface area contributed by atoms with E-state index in [-0.39, 0.29) is 5.56 Å². The van der Waals surface area contributed by atoms with Gasteiger partial charge in [0.25, 0.3) is 5.56 Å². The highest BCUT2D eigenvalue weighted by Crippen LogP contribution is 2.20. The second-order valence-electron chi connectivity index (χ2n) is 4.58. The molecule has 3 rings (SSSR count). The van der Waals surface area contributed by atoms with Gasteiger partial charge in [-0.1, -0.05) is 36.4 Å². The molecule has 104 valence electrons. The standard InChI is InChI=1S/C16H12IN3O/c17-14-15(12-6-2-1-3-7-12)19-13(20-16(14)21)9-11-5-4-8-18-10-11/h1-8,10H,9H2,(H,19,20,21). The number of hydrogen-bond acceptors (Lipinski definition) is 3. The summed E-state index contributed by atoms with van der Waals surface area (Å²) in [5, 5.41) is 0. The lowest BCUT2D eigenvalue weighted by atomic mass is 10.1. The molecular weight excluding hydrogens is 377 g/mol. The Balaban J connectivity index is 2.04. The van der Waals surface area contributed by atoms with Crippen LogP contribution in [0.5, 0.6) is 0 Å². The highest BCUT2D eigenvalue weighted by Gasteiger charge is 2.11. The Morgan fingerprint density at radius 2 is 1.90 bits per heavy atom. The summed E-state index contributed by atoms with van der Waals surface area (Å²) in [5.41, 5.74) is 2.57. The molecule has 0 atom stereocenters. The first kappa shape index (κ1) is 13.9. The van der Waals surface area contributed by atoms with Crippen molar-refractivity contribution in [2.75, 3.05) is 0 Å². The summed E-state index contributed by atoms with van der Waals surface area (Å²) in [5.74, 6) is 0.646. The van der Waals surface area contributed by atoms with E-state index in [1.54, 1.807) is 12.4 Å². The number of aromatic nitrogens is 3. The molecule has 0 aliphatic carbocycles. The summed E-state index contributed by atoms with van der Waals surface area (Å²) in [4.78, 5) is 23.6. The number of aromatic amines is 1. The Morgan fingerprint density at radius 3 is 2.62 bits per heavy atom. The molecule has 0 spiro atoms. The third-order valence-corrected chi connectivity index (χ3v) is 4.05. The van der Waals surface area contributed by atoms with Gasteiger partial charge in [0.05, 0.1) is 5.69 Å². The summed E-state index contributed by atoms with van der Waals surface area (Å²) >= 11 is 2.04. The molecule has 3 aromatic rings. The van der Waals surface area contributed by atoms with Crippen LogP contribution in [0.2, 0.25) is 0 Å². The number of H-pyrrole nitrogens is 1. The number of nitrogens with zero attached hydrogens (tertiary/aromatic N) is 2. The van der Waals surface area contributed by atoms with Crippen LogP contribution >= 0.6 is 22.6 Å². The maximum Gasteiger partial charge on any atom is 0.264 e. The molecule has 0 saturated carbocycles. The fourth-order valence-corrected chi connectivity index (χ4v) is 2.64. The third-order valence-electron chi connectivity index (χ3n) is 3.05. The Morgan fingerprint density at radius 1 is 1.10 bits per heavy atom. The molecular formula is C16H12IN3O. The minimum absolute atomic E-state index is 0.108. The normalized spacial score (nSPS) is 10.5. The van der Waals surface area contributed by atoms with Crippen LogP contribution in [0.4, 0.5) is 0 Å². The van der Waals surface area contributed by atoms with Crippen LogP contribution in [-0.4, -0.2) is 15.0 Å². The van der Waals surface area contributed by atoms with Crippen molar-refractivity contribution < 1.29 is 0 Å². The molecule has 0 saturated heterocycles. The molecule has 21 heavy (non-hydrogen) atoms. The van der Waals surface area contributed by atoms with E-state index in [0.29, 0.717) is 15.8 Å². The maximum absolute atomic E-state index is 12.1. The second kappa shape index (κ2) is 6.17. The highest BCUT2D eigenvalue weighted by molar-refractivity contribution is 14.1. The summed E-state index contributed by atoms with van der Waals surface area (Å²) in [7, 11) is 0. The number of pyridine rings is 1. The van der Waals surface area contributed by atoms with Crippen LogP contribution in [0.1, 0.15) is 11.4 Å². The minimum atomic E-state index is -0.108. The van der Waals surface area contributed by atoms with Crippen molar-refractivity contribution in [3.05, 3.63) is 80.2 Å². The molecule has 0 aliphatic rings. The number of nitrogens with one attached hydrogen (secondary N) is 1. The van der Waals surface area contributed by atoms with Crippen LogP contribution in [0.3, 0.4) is 0 Å². The zero-order chi connectivity index (χ0) is 14.7. The van der Waals surface area contributed by atoms with Gasteiger partial charge in [-0.2, -0.15) is 0 Å². The predicted octanol–water partition coefficient (Wildman–Crippen LogP) is 3.03. The quantitative estimate of drug-likeness (QED) is 0.701. The van der Waals surface area contributed by atoms with E-state index in [0.717, 1.165) is 16.8 Å². The van der Waals surface area contributed by atoms with Gasteiger partial charge >= 0.3 is 0 Å². The van der Waals surface area contributed by atoms with Gasteiger partial charge in [0.1, 0.15) is 9.39 Å². The van der Waals surface area contributed by atoms with Gasteiger partial charge in [0.15, 0.2) is 0 Å². The molecule has 0 unspecified atom stereocenters. The lowest BCUT2D eigenvalue weighted by Gasteiger charge is -2.07. The van der Waals surface area contributed by atoms with E-state index in [2.05, 4.69) is 15.0 Å². The van der Waals surface area contributed by atoms with Gasteiger partial charge in [-0.15, -0.1) is 0 Å². The van der Waals surface area contributed by atoms with E-state index in [1.165, 1.54) is 0 Å². The van der Waals surface area contributed by atoms with Crippen LogP contribution in [0.15, 0.2) is 59.7 Å². The van der Waals surface area contributed by atoms with Crippen molar-refractivity contribution >= 4 is 22.6 Å². The van der Waals surface area contributed by atoms with Gasteiger partial charge < -0.3 is 4.98 Å². The fourth-order valence-electron chi connectivity index (χ4n) is 2.07. The molecule has 1 N–H and O–H groups in total. The Bertz CT molecular complexity index is 801. The van der Waals surface area contributed by atoms with Crippen molar-refractivity contribution in [2.45, 2.75) is 6.42 Å². The number of halogens is 1. The SMILES string of the molecule is O=c1[nH]c(Cc2cccnc2)nc(-c2ccccc2)c1I. The van der Waals surface area contributed by atoms with Gasteiger partial charge in [0.2, 0.25) is 0 Å². The summed E-state index contributed by atoms with van der Waals surface area (Å²) in [6.07, 6.45) is 4.06. The van der Waals surface area contributed by atoms with Crippen LogP contribution in [0.25, 0.3) is 11.3 Å². The van der Waals surface area contributed by atoms with E-state index in [9.17, 15) is 4.79 Å². The Hall–Kier alpha value is -2.02. The van der Waals surface area contributed by atoms with Crippen LogP contribution in [0, 0.1) is 3.57 Å². The number of rotatable bonds is 3. The predicted molar refractivity (Wildman–Crippen MR) is 90.1 cm³/mol. The smallest absolute Gasteiger partial charge is 0.264 e. The van der Waals surface area contributed by atoms with E-state index < -0.39 is 0 Å². The fraction of sp³-hybridized carbons (Fsp3) is 0.0625. The van der Waals surface area contributed by atoms with Gasteiger partial charge in [-0.05, 0) is 34.2 Å². The zero-order valence-corrected chi connectivity index (χ0v) is 13.2. The highest BCUT2D eigenvalue weighted by atomic mass is 127. The summed E-state index contributed by atoms with van der Waals surface area (Å²) in [6, 6.07) is 13.6. The van der Waals surface area contributed by atoms with Crippen molar-refractivity contribution in [3.8, 4) is 11.3 Å². The lowest BCUT2D eigenvalue weighted by molar-refractivity contribution is 0.936. The molecule has 1 aromatic carbocycles. The van der Waals surface area contributed by atoms with Gasteiger partial charge in [-0.3, -0.25) is 9.78 Å². The molecule has 4 nitrogen and oxygen atoms in total. The van der Waals surface area contributed by atoms with Crippen molar-refractivity contribution in [2.24, 2.45) is 0 Å². The molecule has 0 aliphatic heterocycles. The molecule has 2 heterocycles. The summed E-state index contributed by atoms with van der Waals surface area (Å²) < 4.78 is 0.605. The van der Waals surface area contributed by atoms with Crippen LogP contribution < -0.4 is 5.56 Å². The van der Waals surface area contributed by atoms with E-state index >= 15 is 0 Å². The molecule has 5 heteroatoms. The largest absolute Gasteiger partial charge is 0.309 e. The minimum Gasteiger partial charge on any atom is -0.309 e. The average Bonchev–Trinajstić information content (AvgIpc) is 2.52. The summed E-state index contributed by atoms with van der Waals surface area (Å²) in [6.45, 7) is 0. The molecule has 0 radical (unpaired) electrons. The van der Waals surface area contributed by atoms with Crippen molar-refractivity contribution in [3.63, 3.8) is 0 Å². The van der Waals surface area contributed by atoms with Gasteiger partial charge in [-0.25, -0.2) is 4.98 Å². The van der Waals surface area contributed by atoms with E-state index in [1.807, 2.05) is 65.1 Å². The molecule has 0 bridgehead atoms. The first-order valence-electron chi connectivity index (χ1n) is 6.47. The molecule has 2 aromatic heterocycles. The number of hydrogen-bond donors (Lipinski definition) is 1. The number of benzene rings is 1. The monoisotopic (exact) mass is 389 g/mol. The Kier molecular flexibility index (Phi) is 4.10. The zero-order valence-electron chi connectivity index (χ0n) is 11.1. The third kappa shape index (κ3) is 3.18. The molecule has 0 amide bonds. The van der Waals surface area contributed by atoms with Crippen molar-refractivity contribution in [1.82, 2.24) is 15.0 Å². The lowest BCUT2D eigenvalue weighted by Crippen LogP contribution is -2.16. The average molecular weight is 389 g/mol.